The molecule has 0 aliphatic heterocycles. The van der Waals surface area contributed by atoms with Crippen LogP contribution in [0.2, 0.25) is 0 Å². The van der Waals surface area contributed by atoms with Crippen molar-refractivity contribution in [3.05, 3.63) is 0 Å². The van der Waals surface area contributed by atoms with Gasteiger partial charge in [-0.3, -0.25) is 4.79 Å². The number of rotatable bonds is 6. The Balaban J connectivity index is 2.39. The van der Waals surface area contributed by atoms with Gasteiger partial charge < -0.3 is 10.2 Å². The van der Waals surface area contributed by atoms with E-state index in [0.717, 1.165) is 5.92 Å². The van der Waals surface area contributed by atoms with E-state index in [2.05, 4.69) is 0 Å². The summed E-state index contributed by atoms with van der Waals surface area (Å²) in [5.74, 6) is 1.32. The summed E-state index contributed by atoms with van der Waals surface area (Å²) >= 11 is 0. The summed E-state index contributed by atoms with van der Waals surface area (Å²) in [6.45, 7) is -4.75. The lowest BCUT2D eigenvalue weighted by Gasteiger charge is -2.43. The van der Waals surface area contributed by atoms with Gasteiger partial charge in [0.25, 0.3) is 0 Å². The van der Waals surface area contributed by atoms with Gasteiger partial charge in [-0.1, -0.05) is 19.3 Å². The van der Waals surface area contributed by atoms with Crippen LogP contribution in [-0.2, 0) is 4.79 Å². The number of alkyl halides is 6. The topological polar surface area (TPSA) is 57.5 Å². The number of ketones is 1. The number of carbonyl (C=O) groups excluding carboxylic acids is 1. The minimum Gasteiger partial charge on any atom is -0.390 e. The lowest BCUT2D eigenvalue weighted by Crippen LogP contribution is -2.55. The van der Waals surface area contributed by atoms with Gasteiger partial charge in [0.15, 0.2) is 0 Å². The van der Waals surface area contributed by atoms with Crippen molar-refractivity contribution in [1.82, 2.24) is 0 Å². The summed E-state index contributed by atoms with van der Waals surface area (Å²) in [5.41, 5.74) is -8.95. The molecule has 0 aromatic carbocycles. The highest BCUT2D eigenvalue weighted by Crippen LogP contribution is 2.57. The van der Waals surface area contributed by atoms with Crippen LogP contribution >= 0.6 is 0 Å². The molecule has 0 heterocycles. The Morgan fingerprint density at radius 1 is 1.16 bits per heavy atom. The predicted octanol–water partition coefficient (Wildman–Crippen LogP) is 5.58. The molecule has 2 saturated carbocycles. The first kappa shape index (κ1) is 19.1. The molecular formula is C23H32F6O3. The van der Waals surface area contributed by atoms with E-state index in [-0.39, 0.29) is 30.5 Å². The summed E-state index contributed by atoms with van der Waals surface area (Å²) < 4.78 is 123. The third-order valence-corrected chi connectivity index (χ3v) is 7.07. The van der Waals surface area contributed by atoms with E-state index < -0.39 is 61.4 Å². The van der Waals surface area contributed by atoms with Crippen LogP contribution in [0.5, 0.6) is 0 Å². The molecule has 0 bridgehead atoms. The lowest BCUT2D eigenvalue weighted by atomic mass is 9.61. The van der Waals surface area contributed by atoms with Gasteiger partial charge >= 0.3 is 18.0 Å². The monoisotopic (exact) mass is 476 g/mol. The first-order valence-electron chi connectivity index (χ1n) is 13.5. The van der Waals surface area contributed by atoms with Crippen LogP contribution in [0.4, 0.5) is 26.3 Å². The van der Waals surface area contributed by atoms with E-state index >= 15 is 0 Å². The third kappa shape index (κ3) is 5.61. The van der Waals surface area contributed by atoms with Gasteiger partial charge in [0, 0.05) is 27.0 Å². The van der Waals surface area contributed by atoms with Crippen LogP contribution < -0.4 is 0 Å². The van der Waals surface area contributed by atoms with Gasteiger partial charge in [0.1, 0.15) is 5.78 Å². The molecule has 0 unspecified atom stereocenters. The molecule has 0 radical (unpaired) electrons. The normalized spacial score (nSPS) is 31.7. The molecule has 2 fully saturated rings. The highest BCUT2D eigenvalue weighted by molar-refractivity contribution is 5.83. The van der Waals surface area contributed by atoms with Gasteiger partial charge in [0.05, 0.1) is 5.60 Å². The van der Waals surface area contributed by atoms with Crippen molar-refractivity contribution in [3.8, 4) is 11.8 Å². The Kier molecular flexibility index (Phi) is 5.47. The number of fused-ring (bicyclic) bond motifs is 1. The smallest absolute Gasteiger partial charge is 0.390 e. The molecule has 9 heteroatoms. The fraction of sp³-hybridized carbons (Fsp3) is 0.870. The van der Waals surface area contributed by atoms with Gasteiger partial charge in [-0.25, -0.2) is 0 Å². The van der Waals surface area contributed by atoms with E-state index in [1.807, 2.05) is 12.8 Å². The van der Waals surface area contributed by atoms with Crippen LogP contribution in [0.25, 0.3) is 0 Å². The quantitative estimate of drug-likeness (QED) is 0.389. The Hall–Kier alpha value is -1.27. The minimum absolute atomic E-state index is 0.0220. The zero-order valence-electron chi connectivity index (χ0n) is 23.7. The molecule has 0 aromatic heterocycles. The first-order valence-corrected chi connectivity index (χ1v) is 10.5. The maximum Gasteiger partial charge on any atom is 0.438 e. The standard InChI is InChI=1S/C23H32F6O3/c1-19(2,31)12-4-7-15(8-5-14-21(32,22(24,25)26)23(27,28)29)16-10-11-17-18(30)9-6-13-20(16,17)3/h15-17,31-32H,4,6-13H2,1-3H3/t15-,16-,17+,20-/m1/s1/i1D3,2D3. The molecule has 4 atom stereocenters. The van der Waals surface area contributed by atoms with Gasteiger partial charge in [0.2, 0.25) is 0 Å². The van der Waals surface area contributed by atoms with Gasteiger partial charge in [-0.2, -0.15) is 26.3 Å². The molecule has 2 rings (SSSR count). The predicted molar refractivity (Wildman–Crippen MR) is 106 cm³/mol. The lowest BCUT2D eigenvalue weighted by molar-refractivity contribution is -0.343. The Bertz CT molecular complexity index is 906. The maximum atomic E-state index is 13.1. The van der Waals surface area contributed by atoms with E-state index in [0.29, 0.717) is 32.1 Å². The van der Waals surface area contributed by atoms with Crippen molar-refractivity contribution < 1.29 is 49.6 Å². The highest BCUT2D eigenvalue weighted by atomic mass is 19.4. The third-order valence-electron chi connectivity index (χ3n) is 7.07. The van der Waals surface area contributed by atoms with Crippen LogP contribution in [0, 0.1) is 35.0 Å². The Morgan fingerprint density at radius 3 is 2.34 bits per heavy atom. The fourth-order valence-electron chi connectivity index (χ4n) is 5.42. The van der Waals surface area contributed by atoms with Crippen molar-refractivity contribution >= 4 is 5.78 Å². The van der Waals surface area contributed by atoms with Gasteiger partial charge in [-0.15, -0.1) is 0 Å². The number of Topliss-reactive ketones (excluding diaryl/α,β-unsaturated/α-hetero) is 1. The number of aliphatic hydroxyl groups is 2. The molecule has 2 aliphatic carbocycles. The number of halogens is 6. The highest BCUT2D eigenvalue weighted by Gasteiger charge is 2.70. The average molecular weight is 477 g/mol. The average Bonchev–Trinajstić information content (AvgIpc) is 3.07. The number of hydrogen-bond acceptors (Lipinski definition) is 3. The fourth-order valence-corrected chi connectivity index (χ4v) is 5.42. The molecule has 32 heavy (non-hydrogen) atoms. The van der Waals surface area contributed by atoms with Crippen molar-refractivity contribution in [2.24, 2.45) is 23.2 Å². The largest absolute Gasteiger partial charge is 0.438 e. The molecule has 0 spiro atoms. The van der Waals surface area contributed by atoms with Crippen molar-refractivity contribution in [2.45, 2.75) is 102 Å². The maximum absolute atomic E-state index is 13.1. The van der Waals surface area contributed by atoms with Crippen LogP contribution in [0.15, 0.2) is 0 Å². The van der Waals surface area contributed by atoms with E-state index in [1.54, 1.807) is 0 Å². The zero-order chi connectivity index (χ0) is 29.6. The van der Waals surface area contributed by atoms with Crippen molar-refractivity contribution in [2.75, 3.05) is 0 Å². The second-order valence-corrected chi connectivity index (χ2v) is 9.29. The second kappa shape index (κ2) is 9.17. The Labute approximate surface area is 193 Å². The van der Waals surface area contributed by atoms with E-state index in [9.17, 15) is 41.4 Å². The molecule has 184 valence electrons. The van der Waals surface area contributed by atoms with Crippen LogP contribution in [0.3, 0.4) is 0 Å². The first-order chi connectivity index (χ1) is 16.9. The van der Waals surface area contributed by atoms with E-state index in [1.165, 1.54) is 0 Å². The summed E-state index contributed by atoms with van der Waals surface area (Å²) in [6.07, 6.45) is -11.4. The van der Waals surface area contributed by atoms with E-state index in [4.69, 9.17) is 8.22 Å². The summed E-state index contributed by atoms with van der Waals surface area (Å²) in [6, 6.07) is 0. The SMILES string of the molecule is [2H]C([2H])([2H])C(O)(CCC[C@H](CC#CC(O)(C(F)(F)F)C(F)(F)F)[C@H]1CC[C@H]2C(=O)CCC[C@]12C)C([2H])([2H])[2H]. The second-order valence-electron chi connectivity index (χ2n) is 9.29. The minimum atomic E-state index is -6.12. The molecule has 0 aromatic rings. The van der Waals surface area contributed by atoms with Crippen LogP contribution in [-0.4, -0.2) is 39.6 Å². The number of hydrogen-bond donors (Lipinski definition) is 2. The van der Waals surface area contributed by atoms with Crippen LogP contribution in [0.1, 0.15) is 86.6 Å². The molecular weight excluding hydrogens is 438 g/mol. The summed E-state index contributed by atoms with van der Waals surface area (Å²) in [7, 11) is 0. The summed E-state index contributed by atoms with van der Waals surface area (Å²) in [4.78, 5) is 12.5. The summed E-state index contributed by atoms with van der Waals surface area (Å²) in [5, 5.41) is 19.9. The zero-order valence-corrected chi connectivity index (χ0v) is 17.7. The molecule has 0 amide bonds. The molecule has 3 nitrogen and oxygen atoms in total. The molecule has 0 saturated heterocycles. The van der Waals surface area contributed by atoms with Crippen molar-refractivity contribution in [1.29, 1.82) is 0 Å². The van der Waals surface area contributed by atoms with Crippen molar-refractivity contribution in [3.63, 3.8) is 0 Å². The van der Waals surface area contributed by atoms with Gasteiger partial charge in [-0.05, 0) is 75.4 Å². The Morgan fingerprint density at radius 2 is 1.78 bits per heavy atom. The number of carbonyl (C=O) groups is 1. The molecule has 2 aliphatic rings. The molecule has 2 N–H and O–H groups in total.